The largest absolute Gasteiger partial charge is 0.492 e. The van der Waals surface area contributed by atoms with Crippen LogP contribution in [0, 0.1) is 0 Å². The van der Waals surface area contributed by atoms with Crippen LogP contribution < -0.4 is 20.2 Å². The first kappa shape index (κ1) is 17.5. The Morgan fingerprint density at radius 3 is 2.90 bits per heavy atom. The molecule has 0 amide bonds. The highest BCUT2D eigenvalue weighted by Crippen LogP contribution is 2.36. The fraction of sp³-hybridized carbons (Fsp3) is 0.286. The van der Waals surface area contributed by atoms with Gasteiger partial charge in [-0.2, -0.15) is 5.10 Å². The van der Waals surface area contributed by atoms with Gasteiger partial charge in [0.25, 0.3) is 0 Å². The van der Waals surface area contributed by atoms with Crippen molar-refractivity contribution in [3.8, 4) is 11.5 Å². The van der Waals surface area contributed by atoms with E-state index < -0.39 is 0 Å². The Hall–Kier alpha value is -1.60. The molecule has 0 aromatic heterocycles. The molecule has 2 N–H and O–H groups in total. The summed E-state index contributed by atoms with van der Waals surface area (Å²) in [7, 11) is 1.60. The maximum Gasteiger partial charge on any atom is 0.187 e. The molecule has 5 nitrogen and oxygen atoms in total. The number of hydrogen-bond donors (Lipinski definition) is 2. The molecule has 114 valence electrons. The van der Waals surface area contributed by atoms with E-state index in [9.17, 15) is 0 Å². The molecular weight excluding hydrogens is 354 g/mol. The van der Waals surface area contributed by atoms with Crippen molar-refractivity contribution in [1.29, 1.82) is 0 Å². The van der Waals surface area contributed by atoms with E-state index >= 15 is 0 Å². The number of thiocarbonyl (C=S) groups is 1. The van der Waals surface area contributed by atoms with E-state index in [2.05, 4.69) is 38.4 Å². The molecule has 0 atom stereocenters. The lowest BCUT2D eigenvalue weighted by molar-refractivity contribution is 0.310. The maximum atomic E-state index is 5.54. The highest BCUT2D eigenvalue weighted by Gasteiger charge is 2.10. The summed E-state index contributed by atoms with van der Waals surface area (Å²) < 4.78 is 11.6. The minimum Gasteiger partial charge on any atom is -0.492 e. The van der Waals surface area contributed by atoms with Crippen molar-refractivity contribution >= 4 is 39.5 Å². The highest BCUT2D eigenvalue weighted by atomic mass is 79.9. The van der Waals surface area contributed by atoms with Crippen molar-refractivity contribution in [1.82, 2.24) is 10.7 Å². The molecule has 0 heterocycles. The van der Waals surface area contributed by atoms with Crippen LogP contribution in [-0.2, 0) is 0 Å². The molecule has 0 saturated carbocycles. The maximum absolute atomic E-state index is 5.54. The second-order valence-corrected chi connectivity index (χ2v) is 5.10. The van der Waals surface area contributed by atoms with E-state index in [4.69, 9.17) is 21.7 Å². The topological polar surface area (TPSA) is 54.9 Å². The number of hydrazone groups is 1. The molecule has 0 unspecified atom stereocenters. The quantitative estimate of drug-likeness (QED) is 0.334. The third-order valence-electron chi connectivity index (χ3n) is 2.32. The third-order valence-corrected chi connectivity index (χ3v) is 3.15. The summed E-state index contributed by atoms with van der Waals surface area (Å²) >= 11 is 8.48. The number of ether oxygens (including phenoxy) is 2. The number of rotatable bonds is 7. The van der Waals surface area contributed by atoms with Crippen molar-refractivity contribution < 1.29 is 9.47 Å². The zero-order valence-corrected chi connectivity index (χ0v) is 14.4. The summed E-state index contributed by atoms with van der Waals surface area (Å²) in [6, 6.07) is 3.73. The molecule has 0 aliphatic heterocycles. The summed E-state index contributed by atoms with van der Waals surface area (Å²) in [6.07, 6.45) is 3.36. The second-order valence-electron chi connectivity index (χ2n) is 3.84. The molecule has 1 aromatic rings. The van der Waals surface area contributed by atoms with Crippen LogP contribution in [0.4, 0.5) is 0 Å². The number of hydrogen-bond acceptors (Lipinski definition) is 4. The molecule has 0 aliphatic rings. The summed E-state index contributed by atoms with van der Waals surface area (Å²) in [6.45, 7) is 6.65. The number of benzene rings is 1. The van der Waals surface area contributed by atoms with Gasteiger partial charge in [-0.1, -0.05) is 6.08 Å². The number of nitrogens with zero attached hydrogens (tertiary/aromatic N) is 1. The van der Waals surface area contributed by atoms with E-state index in [0.717, 1.165) is 10.0 Å². The van der Waals surface area contributed by atoms with Crippen LogP contribution >= 0.6 is 28.1 Å². The molecular formula is C14H18BrN3O2S. The number of methoxy groups -OCH3 is 1. The molecule has 21 heavy (non-hydrogen) atoms. The van der Waals surface area contributed by atoms with Crippen molar-refractivity contribution in [2.24, 2.45) is 5.10 Å². The Morgan fingerprint density at radius 1 is 1.52 bits per heavy atom. The molecule has 0 fully saturated rings. The van der Waals surface area contributed by atoms with Gasteiger partial charge in [0.05, 0.1) is 24.4 Å². The predicted molar refractivity (Wildman–Crippen MR) is 93.4 cm³/mol. The Balaban J connectivity index is 2.79. The van der Waals surface area contributed by atoms with Crippen LogP contribution in [0.25, 0.3) is 0 Å². The summed E-state index contributed by atoms with van der Waals surface area (Å²) in [5, 5.41) is 7.41. The molecule has 7 heteroatoms. The zero-order chi connectivity index (χ0) is 15.7. The highest BCUT2D eigenvalue weighted by molar-refractivity contribution is 9.10. The average Bonchev–Trinajstić information content (AvgIpc) is 2.45. The van der Waals surface area contributed by atoms with Crippen molar-refractivity contribution in [3.05, 3.63) is 34.8 Å². The molecule has 0 spiro atoms. The number of halogens is 1. The van der Waals surface area contributed by atoms with Crippen LogP contribution in [0.15, 0.2) is 34.4 Å². The lowest BCUT2D eigenvalue weighted by Gasteiger charge is -2.11. The van der Waals surface area contributed by atoms with Gasteiger partial charge in [0.1, 0.15) is 0 Å². The number of nitrogens with one attached hydrogen (secondary N) is 2. The summed E-state index contributed by atoms with van der Waals surface area (Å²) in [4.78, 5) is 0. The first-order chi connectivity index (χ1) is 10.1. The summed E-state index contributed by atoms with van der Waals surface area (Å²) in [5.74, 6) is 1.31. The third kappa shape index (κ3) is 5.73. The smallest absolute Gasteiger partial charge is 0.187 e. The van der Waals surface area contributed by atoms with Gasteiger partial charge in [0.2, 0.25) is 0 Å². The van der Waals surface area contributed by atoms with Gasteiger partial charge in [0.15, 0.2) is 16.6 Å². The lowest BCUT2D eigenvalue weighted by Crippen LogP contribution is -2.31. The van der Waals surface area contributed by atoms with Gasteiger partial charge >= 0.3 is 0 Å². The minimum atomic E-state index is 0.434. The van der Waals surface area contributed by atoms with Crippen LogP contribution in [0.1, 0.15) is 12.5 Å². The van der Waals surface area contributed by atoms with Crippen molar-refractivity contribution in [2.75, 3.05) is 20.3 Å². The zero-order valence-electron chi connectivity index (χ0n) is 12.0. The van der Waals surface area contributed by atoms with Crippen LogP contribution in [0.5, 0.6) is 11.5 Å². The van der Waals surface area contributed by atoms with Crippen LogP contribution in [-0.4, -0.2) is 31.6 Å². The Labute approximate surface area is 138 Å². The summed E-state index contributed by atoms with van der Waals surface area (Å²) in [5.41, 5.74) is 3.57. The molecule has 0 radical (unpaired) electrons. The fourth-order valence-corrected chi connectivity index (χ4v) is 2.25. The fourth-order valence-electron chi connectivity index (χ4n) is 1.49. The monoisotopic (exact) mass is 371 g/mol. The van der Waals surface area contributed by atoms with E-state index in [1.165, 1.54) is 0 Å². The second kappa shape index (κ2) is 9.36. The SMILES string of the molecule is C=CCNC(=S)N/N=C\c1cc(Br)c(OC)c(OCC)c1. The van der Waals surface area contributed by atoms with Crippen molar-refractivity contribution in [2.45, 2.75) is 6.92 Å². The van der Waals surface area contributed by atoms with Gasteiger partial charge in [-0.25, -0.2) is 0 Å². The standard InChI is InChI=1S/C14H18BrN3O2S/c1-4-6-16-14(21)18-17-9-10-7-11(15)13(19-3)12(8-10)20-5-2/h4,7-9H,1,5-6H2,2-3H3,(H2,16,18,21)/b17-9-. The van der Waals surface area contributed by atoms with Gasteiger partial charge in [-0.3, -0.25) is 5.43 Å². The first-order valence-electron chi connectivity index (χ1n) is 6.30. The van der Waals surface area contributed by atoms with Gasteiger partial charge in [-0.05, 0) is 52.8 Å². The van der Waals surface area contributed by atoms with Crippen LogP contribution in [0.2, 0.25) is 0 Å². The van der Waals surface area contributed by atoms with E-state index in [-0.39, 0.29) is 0 Å². The average molecular weight is 372 g/mol. The van der Waals surface area contributed by atoms with Crippen LogP contribution in [0.3, 0.4) is 0 Å². The molecule has 1 aromatic carbocycles. The van der Waals surface area contributed by atoms with Gasteiger partial charge < -0.3 is 14.8 Å². The molecule has 0 aliphatic carbocycles. The lowest BCUT2D eigenvalue weighted by atomic mass is 10.2. The van der Waals surface area contributed by atoms with Crippen molar-refractivity contribution in [3.63, 3.8) is 0 Å². The Bertz CT molecular complexity index is 535. The Morgan fingerprint density at radius 2 is 2.29 bits per heavy atom. The van der Waals surface area contributed by atoms with E-state index in [1.807, 2.05) is 19.1 Å². The van der Waals surface area contributed by atoms with E-state index in [0.29, 0.717) is 29.8 Å². The Kier molecular flexibility index (Phi) is 7.78. The minimum absolute atomic E-state index is 0.434. The normalized spacial score (nSPS) is 10.2. The van der Waals surface area contributed by atoms with Gasteiger partial charge in [-0.15, -0.1) is 6.58 Å². The first-order valence-corrected chi connectivity index (χ1v) is 7.50. The van der Waals surface area contributed by atoms with Gasteiger partial charge in [0, 0.05) is 6.54 Å². The molecule has 0 saturated heterocycles. The molecule has 0 bridgehead atoms. The predicted octanol–water partition coefficient (Wildman–Crippen LogP) is 2.84. The van der Waals surface area contributed by atoms with E-state index in [1.54, 1.807) is 19.4 Å². The molecule has 1 rings (SSSR count).